The molecule has 2 nitrogen and oxygen atoms in total. The van der Waals surface area contributed by atoms with Gasteiger partial charge < -0.3 is 10.6 Å². The minimum Gasteiger partial charge on any atom is -0.399 e. The molecule has 20 heavy (non-hydrogen) atoms. The average molecular weight is 333 g/mol. The summed E-state index contributed by atoms with van der Waals surface area (Å²) in [4.78, 5) is 2.35. The Kier molecular flexibility index (Phi) is 5.62. The zero-order chi connectivity index (χ0) is 14.4. The van der Waals surface area contributed by atoms with E-state index in [9.17, 15) is 0 Å². The molecule has 0 aromatic heterocycles. The molecule has 0 atom stereocenters. The van der Waals surface area contributed by atoms with Crippen LogP contribution >= 0.6 is 15.9 Å². The summed E-state index contributed by atoms with van der Waals surface area (Å²) in [7, 11) is 2.16. The highest BCUT2D eigenvalue weighted by Gasteiger charge is 2.04. The van der Waals surface area contributed by atoms with Crippen LogP contribution in [0, 0.1) is 0 Å². The molecule has 0 spiro atoms. The summed E-state index contributed by atoms with van der Waals surface area (Å²) in [5, 5.41) is 0. The Hall–Kier alpha value is -1.32. The maximum atomic E-state index is 5.76. The molecule has 0 saturated carbocycles. The number of halogens is 1. The van der Waals surface area contributed by atoms with Gasteiger partial charge in [0.2, 0.25) is 0 Å². The smallest absolute Gasteiger partial charge is 0.0325 e. The zero-order valence-corrected chi connectivity index (χ0v) is 13.4. The first-order valence-corrected chi connectivity index (χ1v) is 7.71. The Bertz CT molecular complexity index is 540. The summed E-state index contributed by atoms with van der Waals surface area (Å²) in [5.41, 5.74) is 9.25. The molecule has 3 heteroatoms. The third kappa shape index (κ3) is 4.66. The standard InChI is InChI=1S/C17H21BrN2/c1-20(11-5-8-14-6-3-2-4-7-14)13-15-9-10-16(19)12-17(15)18/h2-4,6-7,9-10,12H,5,8,11,13,19H2,1H3. The van der Waals surface area contributed by atoms with Gasteiger partial charge in [-0.15, -0.1) is 0 Å². The Morgan fingerprint density at radius 3 is 2.55 bits per heavy atom. The van der Waals surface area contributed by atoms with E-state index in [4.69, 9.17) is 5.73 Å². The molecular formula is C17H21BrN2. The van der Waals surface area contributed by atoms with Crippen LogP contribution in [0.4, 0.5) is 5.69 Å². The van der Waals surface area contributed by atoms with Crippen LogP contribution in [-0.2, 0) is 13.0 Å². The van der Waals surface area contributed by atoms with Crippen molar-refractivity contribution >= 4 is 21.6 Å². The summed E-state index contributed by atoms with van der Waals surface area (Å²) in [6.07, 6.45) is 2.31. The van der Waals surface area contributed by atoms with Gasteiger partial charge in [0.1, 0.15) is 0 Å². The van der Waals surface area contributed by atoms with Gasteiger partial charge in [0.15, 0.2) is 0 Å². The molecule has 106 valence electrons. The van der Waals surface area contributed by atoms with Crippen LogP contribution in [0.2, 0.25) is 0 Å². The second kappa shape index (κ2) is 7.46. The molecule has 0 aliphatic heterocycles. The van der Waals surface area contributed by atoms with E-state index in [1.807, 2.05) is 12.1 Å². The number of benzene rings is 2. The molecule has 0 aliphatic rings. The van der Waals surface area contributed by atoms with Gasteiger partial charge in [0.25, 0.3) is 0 Å². The van der Waals surface area contributed by atoms with E-state index in [1.54, 1.807) is 0 Å². The van der Waals surface area contributed by atoms with E-state index in [2.05, 4.69) is 64.3 Å². The number of nitrogens with zero attached hydrogens (tertiary/aromatic N) is 1. The monoisotopic (exact) mass is 332 g/mol. The summed E-state index contributed by atoms with van der Waals surface area (Å²) < 4.78 is 1.09. The van der Waals surface area contributed by atoms with Gasteiger partial charge in [0.05, 0.1) is 0 Å². The van der Waals surface area contributed by atoms with Gasteiger partial charge in [-0.3, -0.25) is 0 Å². The van der Waals surface area contributed by atoms with Crippen molar-refractivity contribution in [3.8, 4) is 0 Å². The minimum absolute atomic E-state index is 0.798. The van der Waals surface area contributed by atoms with Crippen molar-refractivity contribution in [2.45, 2.75) is 19.4 Å². The van der Waals surface area contributed by atoms with E-state index in [0.717, 1.165) is 29.7 Å². The summed E-state index contributed by atoms with van der Waals surface area (Å²) in [5.74, 6) is 0. The highest BCUT2D eigenvalue weighted by atomic mass is 79.9. The van der Waals surface area contributed by atoms with Crippen molar-refractivity contribution in [1.29, 1.82) is 0 Å². The van der Waals surface area contributed by atoms with Gasteiger partial charge in [-0.2, -0.15) is 0 Å². The first-order valence-electron chi connectivity index (χ1n) is 6.91. The molecule has 2 aromatic rings. The Labute approximate surface area is 129 Å². The van der Waals surface area contributed by atoms with Crippen LogP contribution in [0.5, 0.6) is 0 Å². The van der Waals surface area contributed by atoms with E-state index in [0.29, 0.717) is 0 Å². The number of aryl methyl sites for hydroxylation is 1. The first kappa shape index (κ1) is 15.1. The fourth-order valence-electron chi connectivity index (χ4n) is 2.26. The summed E-state index contributed by atoms with van der Waals surface area (Å²) in [6, 6.07) is 16.7. The van der Waals surface area contributed by atoms with Gasteiger partial charge >= 0.3 is 0 Å². The van der Waals surface area contributed by atoms with Crippen LogP contribution < -0.4 is 5.73 Å². The first-order chi connectivity index (χ1) is 9.65. The number of hydrogen-bond acceptors (Lipinski definition) is 2. The summed E-state index contributed by atoms with van der Waals surface area (Å²) in [6.45, 7) is 2.03. The number of rotatable bonds is 6. The summed E-state index contributed by atoms with van der Waals surface area (Å²) >= 11 is 3.57. The Balaban J connectivity index is 1.79. The van der Waals surface area contributed by atoms with Crippen LogP contribution in [0.3, 0.4) is 0 Å². The van der Waals surface area contributed by atoms with Crippen molar-refractivity contribution < 1.29 is 0 Å². The Morgan fingerprint density at radius 2 is 1.85 bits per heavy atom. The van der Waals surface area contributed by atoms with Crippen molar-refractivity contribution in [2.75, 3.05) is 19.3 Å². The topological polar surface area (TPSA) is 29.3 Å². The lowest BCUT2D eigenvalue weighted by Crippen LogP contribution is -2.19. The average Bonchev–Trinajstić information content (AvgIpc) is 2.43. The predicted molar refractivity (Wildman–Crippen MR) is 89.7 cm³/mol. The molecule has 2 N–H and O–H groups in total. The normalized spacial score (nSPS) is 10.9. The van der Waals surface area contributed by atoms with Crippen LogP contribution in [0.15, 0.2) is 53.0 Å². The highest BCUT2D eigenvalue weighted by Crippen LogP contribution is 2.21. The van der Waals surface area contributed by atoms with E-state index in [-0.39, 0.29) is 0 Å². The van der Waals surface area contributed by atoms with Crippen molar-refractivity contribution in [3.63, 3.8) is 0 Å². The lowest BCUT2D eigenvalue weighted by Gasteiger charge is -2.17. The third-order valence-electron chi connectivity index (χ3n) is 3.37. The minimum atomic E-state index is 0.798. The SMILES string of the molecule is CN(CCCc1ccccc1)Cc1ccc(N)cc1Br. The van der Waals surface area contributed by atoms with Crippen LogP contribution in [0.1, 0.15) is 17.5 Å². The fraction of sp³-hybridized carbons (Fsp3) is 0.294. The molecule has 0 heterocycles. The largest absolute Gasteiger partial charge is 0.399 e. The van der Waals surface area contributed by atoms with Gasteiger partial charge in [-0.05, 0) is 49.7 Å². The molecule has 0 unspecified atom stereocenters. The molecule has 0 radical (unpaired) electrons. The van der Waals surface area contributed by atoms with E-state index < -0.39 is 0 Å². The zero-order valence-electron chi connectivity index (χ0n) is 11.8. The van der Waals surface area contributed by atoms with Gasteiger partial charge in [-0.1, -0.05) is 52.3 Å². The van der Waals surface area contributed by atoms with Crippen LogP contribution in [-0.4, -0.2) is 18.5 Å². The molecular weight excluding hydrogens is 312 g/mol. The third-order valence-corrected chi connectivity index (χ3v) is 4.10. The quantitative estimate of drug-likeness (QED) is 0.807. The molecule has 0 bridgehead atoms. The number of nitrogens with two attached hydrogens (primary N) is 1. The second-order valence-electron chi connectivity index (χ2n) is 5.18. The predicted octanol–water partition coefficient (Wildman–Crippen LogP) is 4.10. The molecule has 0 saturated heterocycles. The highest BCUT2D eigenvalue weighted by molar-refractivity contribution is 9.10. The lowest BCUT2D eigenvalue weighted by atomic mass is 10.1. The van der Waals surface area contributed by atoms with Gasteiger partial charge in [0, 0.05) is 16.7 Å². The Morgan fingerprint density at radius 1 is 1.10 bits per heavy atom. The fourth-order valence-corrected chi connectivity index (χ4v) is 2.78. The maximum Gasteiger partial charge on any atom is 0.0325 e. The molecule has 0 aliphatic carbocycles. The number of hydrogen-bond donors (Lipinski definition) is 1. The van der Waals surface area contributed by atoms with E-state index in [1.165, 1.54) is 17.5 Å². The molecule has 2 rings (SSSR count). The lowest BCUT2D eigenvalue weighted by molar-refractivity contribution is 0.321. The number of nitrogen functional groups attached to an aromatic ring is 1. The van der Waals surface area contributed by atoms with Gasteiger partial charge in [-0.25, -0.2) is 0 Å². The second-order valence-corrected chi connectivity index (χ2v) is 6.03. The van der Waals surface area contributed by atoms with Crippen molar-refractivity contribution in [3.05, 3.63) is 64.1 Å². The molecule has 2 aromatic carbocycles. The van der Waals surface area contributed by atoms with E-state index >= 15 is 0 Å². The maximum absolute atomic E-state index is 5.76. The molecule has 0 amide bonds. The molecule has 0 fully saturated rings. The number of anilines is 1. The van der Waals surface area contributed by atoms with Crippen LogP contribution in [0.25, 0.3) is 0 Å². The van der Waals surface area contributed by atoms with Crippen molar-refractivity contribution in [2.24, 2.45) is 0 Å². The van der Waals surface area contributed by atoms with Crippen molar-refractivity contribution in [1.82, 2.24) is 4.90 Å².